The summed E-state index contributed by atoms with van der Waals surface area (Å²) in [5.41, 5.74) is 1.13. The lowest BCUT2D eigenvalue weighted by Gasteiger charge is -2.08. The van der Waals surface area contributed by atoms with E-state index >= 15 is 0 Å². The van der Waals surface area contributed by atoms with Crippen LogP contribution in [0.25, 0.3) is 0 Å². The number of rotatable bonds is 5. The predicted molar refractivity (Wildman–Crippen MR) is 85.9 cm³/mol. The van der Waals surface area contributed by atoms with Crippen LogP contribution in [-0.4, -0.2) is 24.0 Å². The Labute approximate surface area is 136 Å². The van der Waals surface area contributed by atoms with E-state index in [9.17, 15) is 4.79 Å². The van der Waals surface area contributed by atoms with E-state index in [4.69, 9.17) is 10.00 Å². The first-order valence-electron chi connectivity index (χ1n) is 6.22. The lowest BCUT2D eigenvalue weighted by atomic mass is 10.2. The highest BCUT2D eigenvalue weighted by Gasteiger charge is 2.08. The Morgan fingerprint density at radius 1 is 1.33 bits per heavy atom. The van der Waals surface area contributed by atoms with Gasteiger partial charge in [-0.15, -0.1) is 0 Å². The predicted octanol–water partition coefficient (Wildman–Crippen LogP) is 2.37. The standard InChI is InChI=1S/C15H12IN3O2/c16-13-4-2-1-3-12(13)15(20)18-7-8-21-14-6-5-11(9-17)10-19-14/h1-6,10H,7-8H2,(H,18,20). The third-order valence-electron chi connectivity index (χ3n) is 2.62. The average Bonchev–Trinajstić information content (AvgIpc) is 2.52. The molecule has 0 fully saturated rings. The Hall–Kier alpha value is -2.14. The number of ether oxygens (including phenoxy) is 1. The molecule has 2 rings (SSSR count). The Kier molecular flexibility index (Phi) is 5.51. The van der Waals surface area contributed by atoms with Crippen LogP contribution in [-0.2, 0) is 0 Å². The van der Waals surface area contributed by atoms with E-state index in [0.29, 0.717) is 30.2 Å². The summed E-state index contributed by atoms with van der Waals surface area (Å²) in [6.07, 6.45) is 1.44. The Bertz CT molecular complexity index is 665. The zero-order valence-corrected chi connectivity index (χ0v) is 13.2. The molecule has 1 amide bonds. The van der Waals surface area contributed by atoms with Gasteiger partial charge in [0.25, 0.3) is 5.91 Å². The molecular formula is C15H12IN3O2. The molecule has 1 N–H and O–H groups in total. The molecule has 0 bridgehead atoms. The molecule has 1 heterocycles. The topological polar surface area (TPSA) is 75.0 Å². The van der Waals surface area contributed by atoms with Crippen molar-refractivity contribution in [3.8, 4) is 11.9 Å². The number of nitriles is 1. The first-order valence-corrected chi connectivity index (χ1v) is 7.30. The maximum atomic E-state index is 11.9. The zero-order chi connectivity index (χ0) is 15.1. The van der Waals surface area contributed by atoms with Crippen molar-refractivity contribution in [2.75, 3.05) is 13.2 Å². The van der Waals surface area contributed by atoms with Crippen molar-refractivity contribution in [3.05, 3.63) is 57.3 Å². The molecule has 1 aromatic heterocycles. The van der Waals surface area contributed by atoms with Crippen LogP contribution in [0.1, 0.15) is 15.9 Å². The molecule has 0 atom stereocenters. The van der Waals surface area contributed by atoms with Gasteiger partial charge in [-0.25, -0.2) is 4.98 Å². The van der Waals surface area contributed by atoms with Gasteiger partial charge in [-0.3, -0.25) is 4.79 Å². The van der Waals surface area contributed by atoms with Crippen molar-refractivity contribution in [3.63, 3.8) is 0 Å². The minimum absolute atomic E-state index is 0.128. The molecule has 1 aromatic carbocycles. The van der Waals surface area contributed by atoms with Gasteiger partial charge in [-0.2, -0.15) is 5.26 Å². The zero-order valence-electron chi connectivity index (χ0n) is 11.0. The molecule has 0 unspecified atom stereocenters. The first kappa shape index (κ1) is 15.3. The lowest BCUT2D eigenvalue weighted by molar-refractivity contribution is 0.0945. The van der Waals surface area contributed by atoms with Gasteiger partial charge in [0.15, 0.2) is 0 Å². The van der Waals surface area contributed by atoms with Gasteiger partial charge in [0, 0.05) is 15.8 Å². The normalized spacial score (nSPS) is 9.71. The van der Waals surface area contributed by atoms with Gasteiger partial charge >= 0.3 is 0 Å². The molecule has 0 saturated heterocycles. The summed E-state index contributed by atoms with van der Waals surface area (Å²) in [6.45, 7) is 0.694. The van der Waals surface area contributed by atoms with Crippen molar-refractivity contribution in [1.82, 2.24) is 10.3 Å². The van der Waals surface area contributed by atoms with Gasteiger partial charge in [-0.1, -0.05) is 12.1 Å². The Morgan fingerprint density at radius 3 is 2.81 bits per heavy atom. The molecule has 6 heteroatoms. The van der Waals surface area contributed by atoms with Gasteiger partial charge in [0.1, 0.15) is 12.7 Å². The fourth-order valence-electron chi connectivity index (χ4n) is 1.59. The fourth-order valence-corrected chi connectivity index (χ4v) is 2.22. The van der Waals surface area contributed by atoms with Crippen LogP contribution in [0, 0.1) is 14.9 Å². The highest BCUT2D eigenvalue weighted by atomic mass is 127. The van der Waals surface area contributed by atoms with Crippen LogP contribution in [0.3, 0.4) is 0 Å². The number of hydrogen-bond acceptors (Lipinski definition) is 4. The Morgan fingerprint density at radius 2 is 2.14 bits per heavy atom. The third kappa shape index (κ3) is 4.43. The average molecular weight is 393 g/mol. The van der Waals surface area contributed by atoms with E-state index in [-0.39, 0.29) is 5.91 Å². The molecule has 5 nitrogen and oxygen atoms in total. The highest BCUT2D eigenvalue weighted by Crippen LogP contribution is 2.11. The number of halogens is 1. The van der Waals surface area contributed by atoms with Crippen molar-refractivity contribution in [2.24, 2.45) is 0 Å². The second kappa shape index (κ2) is 7.59. The molecule has 0 spiro atoms. The second-order valence-electron chi connectivity index (χ2n) is 4.08. The summed E-state index contributed by atoms with van der Waals surface area (Å²) in [4.78, 5) is 15.9. The van der Waals surface area contributed by atoms with E-state index in [0.717, 1.165) is 3.57 Å². The number of carbonyl (C=O) groups excluding carboxylic acids is 1. The number of pyridine rings is 1. The first-order chi connectivity index (χ1) is 10.2. The van der Waals surface area contributed by atoms with Crippen molar-refractivity contribution in [1.29, 1.82) is 5.26 Å². The van der Waals surface area contributed by atoms with E-state index in [1.54, 1.807) is 18.2 Å². The third-order valence-corrected chi connectivity index (χ3v) is 3.56. The van der Waals surface area contributed by atoms with Crippen LogP contribution < -0.4 is 10.1 Å². The van der Waals surface area contributed by atoms with E-state index in [1.165, 1.54) is 6.20 Å². The van der Waals surface area contributed by atoms with E-state index < -0.39 is 0 Å². The number of nitrogens with zero attached hydrogens (tertiary/aromatic N) is 2. The number of aromatic nitrogens is 1. The van der Waals surface area contributed by atoms with Gasteiger partial charge in [0.2, 0.25) is 5.88 Å². The van der Waals surface area contributed by atoms with Gasteiger partial charge in [0.05, 0.1) is 17.7 Å². The number of hydrogen-bond donors (Lipinski definition) is 1. The van der Waals surface area contributed by atoms with Gasteiger partial charge in [-0.05, 0) is 40.8 Å². The minimum Gasteiger partial charge on any atom is -0.476 e. The molecule has 0 saturated carbocycles. The molecule has 0 aliphatic heterocycles. The van der Waals surface area contributed by atoms with Crippen molar-refractivity contribution in [2.45, 2.75) is 0 Å². The quantitative estimate of drug-likeness (QED) is 0.625. The summed E-state index contributed by atoms with van der Waals surface area (Å²) in [7, 11) is 0. The summed E-state index contributed by atoms with van der Waals surface area (Å²) in [5.74, 6) is 0.300. The van der Waals surface area contributed by atoms with Crippen molar-refractivity contribution < 1.29 is 9.53 Å². The molecule has 0 aliphatic carbocycles. The Balaban J connectivity index is 1.78. The summed E-state index contributed by atoms with van der Waals surface area (Å²) in [5, 5.41) is 11.4. The largest absolute Gasteiger partial charge is 0.476 e. The number of benzene rings is 1. The number of carbonyl (C=O) groups is 1. The number of nitrogens with one attached hydrogen (secondary N) is 1. The molecule has 106 valence electrons. The summed E-state index contributed by atoms with van der Waals surface area (Å²) < 4.78 is 6.29. The van der Waals surface area contributed by atoms with E-state index in [1.807, 2.05) is 24.3 Å². The lowest BCUT2D eigenvalue weighted by Crippen LogP contribution is -2.28. The van der Waals surface area contributed by atoms with Gasteiger partial charge < -0.3 is 10.1 Å². The molecule has 0 radical (unpaired) electrons. The van der Waals surface area contributed by atoms with E-state index in [2.05, 4.69) is 32.9 Å². The molecule has 2 aromatic rings. The van der Waals surface area contributed by atoms with Crippen LogP contribution in [0.4, 0.5) is 0 Å². The molecular weight excluding hydrogens is 381 g/mol. The summed E-state index contributed by atoms with van der Waals surface area (Å²) in [6, 6.07) is 12.6. The highest BCUT2D eigenvalue weighted by molar-refractivity contribution is 14.1. The second-order valence-corrected chi connectivity index (χ2v) is 5.24. The maximum absolute atomic E-state index is 11.9. The monoisotopic (exact) mass is 393 g/mol. The number of amides is 1. The fraction of sp³-hybridized carbons (Fsp3) is 0.133. The molecule has 21 heavy (non-hydrogen) atoms. The smallest absolute Gasteiger partial charge is 0.252 e. The summed E-state index contributed by atoms with van der Waals surface area (Å²) >= 11 is 2.12. The molecule has 0 aliphatic rings. The van der Waals surface area contributed by atoms with Crippen LogP contribution in [0.2, 0.25) is 0 Å². The van der Waals surface area contributed by atoms with Crippen LogP contribution >= 0.6 is 22.6 Å². The van der Waals surface area contributed by atoms with Crippen LogP contribution in [0.15, 0.2) is 42.6 Å². The maximum Gasteiger partial charge on any atom is 0.252 e. The van der Waals surface area contributed by atoms with Crippen LogP contribution in [0.5, 0.6) is 5.88 Å². The minimum atomic E-state index is -0.128. The van der Waals surface area contributed by atoms with Crippen molar-refractivity contribution >= 4 is 28.5 Å². The SMILES string of the molecule is N#Cc1ccc(OCCNC(=O)c2ccccc2I)nc1.